The summed E-state index contributed by atoms with van der Waals surface area (Å²) in [6.45, 7) is 6.66. The van der Waals surface area contributed by atoms with Gasteiger partial charge in [0.2, 0.25) is 5.91 Å². The van der Waals surface area contributed by atoms with E-state index in [2.05, 4.69) is 10.4 Å². The summed E-state index contributed by atoms with van der Waals surface area (Å²) in [5, 5.41) is 7.21. The Bertz CT molecular complexity index is 993. The third kappa shape index (κ3) is 4.46. The molecule has 6 nitrogen and oxygen atoms in total. The molecule has 3 aromatic rings. The zero-order valence-corrected chi connectivity index (χ0v) is 16.3. The van der Waals surface area contributed by atoms with Crippen molar-refractivity contribution in [3.05, 3.63) is 77.6 Å². The Morgan fingerprint density at radius 1 is 1.14 bits per heavy atom. The lowest BCUT2D eigenvalue weighted by Crippen LogP contribution is -2.27. The maximum absolute atomic E-state index is 12.6. The lowest BCUT2D eigenvalue weighted by atomic mass is 10.1. The van der Waals surface area contributed by atoms with Crippen molar-refractivity contribution >= 4 is 17.5 Å². The smallest absolute Gasteiger partial charge is 0.258 e. The van der Waals surface area contributed by atoms with Crippen molar-refractivity contribution < 1.29 is 9.59 Å². The standard InChI is InChI=1S/C22H24N4O2/c1-4-25(17(3)27)14-18-9-7-10-20(12-18)24-22(28)19-13-23-26(15-19)21-11-6-5-8-16(21)2/h5-13,15H,4,14H2,1-3H3,(H,24,28). The molecule has 1 N–H and O–H groups in total. The highest BCUT2D eigenvalue weighted by atomic mass is 16.2. The van der Waals surface area contributed by atoms with Crippen LogP contribution in [0.4, 0.5) is 5.69 Å². The van der Waals surface area contributed by atoms with Gasteiger partial charge in [0.1, 0.15) is 0 Å². The molecule has 0 saturated carbocycles. The molecule has 0 unspecified atom stereocenters. The molecule has 2 aromatic carbocycles. The maximum atomic E-state index is 12.6. The molecule has 2 amide bonds. The van der Waals surface area contributed by atoms with Crippen molar-refractivity contribution in [1.82, 2.24) is 14.7 Å². The van der Waals surface area contributed by atoms with Gasteiger partial charge in [-0.05, 0) is 43.2 Å². The van der Waals surface area contributed by atoms with Gasteiger partial charge in [0.05, 0.1) is 17.4 Å². The average molecular weight is 376 g/mol. The largest absolute Gasteiger partial charge is 0.339 e. The second-order valence-corrected chi connectivity index (χ2v) is 6.65. The van der Waals surface area contributed by atoms with Crippen LogP contribution in [0.1, 0.15) is 35.3 Å². The average Bonchev–Trinajstić information content (AvgIpc) is 3.16. The number of benzene rings is 2. The van der Waals surface area contributed by atoms with E-state index in [-0.39, 0.29) is 11.8 Å². The minimum atomic E-state index is -0.226. The van der Waals surface area contributed by atoms with E-state index in [0.29, 0.717) is 24.3 Å². The van der Waals surface area contributed by atoms with Crippen LogP contribution in [0.5, 0.6) is 0 Å². The molecular weight excluding hydrogens is 352 g/mol. The van der Waals surface area contributed by atoms with E-state index in [1.807, 2.05) is 62.4 Å². The summed E-state index contributed by atoms with van der Waals surface area (Å²) in [4.78, 5) is 26.0. The first-order chi connectivity index (χ1) is 13.5. The van der Waals surface area contributed by atoms with Gasteiger partial charge < -0.3 is 10.2 Å². The normalized spacial score (nSPS) is 10.5. The van der Waals surface area contributed by atoms with Crippen LogP contribution in [0.2, 0.25) is 0 Å². The molecule has 0 atom stereocenters. The molecule has 0 radical (unpaired) electrons. The first-order valence-corrected chi connectivity index (χ1v) is 9.24. The molecule has 1 aromatic heterocycles. The first kappa shape index (κ1) is 19.4. The van der Waals surface area contributed by atoms with Gasteiger partial charge in [-0.25, -0.2) is 4.68 Å². The number of anilines is 1. The Morgan fingerprint density at radius 3 is 2.64 bits per heavy atom. The van der Waals surface area contributed by atoms with Crippen LogP contribution in [0.15, 0.2) is 60.9 Å². The monoisotopic (exact) mass is 376 g/mol. The highest BCUT2D eigenvalue weighted by Crippen LogP contribution is 2.16. The summed E-state index contributed by atoms with van der Waals surface area (Å²) >= 11 is 0. The summed E-state index contributed by atoms with van der Waals surface area (Å²) in [5.41, 5.74) is 4.15. The van der Waals surface area contributed by atoms with Gasteiger partial charge in [-0.2, -0.15) is 5.10 Å². The van der Waals surface area contributed by atoms with Crippen LogP contribution < -0.4 is 5.32 Å². The molecule has 144 valence electrons. The van der Waals surface area contributed by atoms with Gasteiger partial charge in [0.15, 0.2) is 0 Å². The lowest BCUT2D eigenvalue weighted by Gasteiger charge is -2.19. The number of aromatic nitrogens is 2. The molecule has 0 aliphatic heterocycles. The van der Waals surface area contributed by atoms with Crippen LogP contribution in [-0.2, 0) is 11.3 Å². The Morgan fingerprint density at radius 2 is 1.93 bits per heavy atom. The second-order valence-electron chi connectivity index (χ2n) is 6.65. The summed E-state index contributed by atoms with van der Waals surface area (Å²) in [6.07, 6.45) is 3.27. The van der Waals surface area contributed by atoms with Gasteiger partial charge >= 0.3 is 0 Å². The number of rotatable bonds is 6. The van der Waals surface area contributed by atoms with E-state index >= 15 is 0 Å². The van der Waals surface area contributed by atoms with E-state index < -0.39 is 0 Å². The van der Waals surface area contributed by atoms with Crippen LogP contribution >= 0.6 is 0 Å². The van der Waals surface area contributed by atoms with E-state index in [9.17, 15) is 9.59 Å². The number of amides is 2. The van der Waals surface area contributed by atoms with E-state index in [4.69, 9.17) is 0 Å². The summed E-state index contributed by atoms with van der Waals surface area (Å²) in [6, 6.07) is 15.4. The highest BCUT2D eigenvalue weighted by Gasteiger charge is 2.12. The fourth-order valence-corrected chi connectivity index (χ4v) is 3.01. The Kier molecular flexibility index (Phi) is 5.89. The zero-order chi connectivity index (χ0) is 20.1. The second kappa shape index (κ2) is 8.52. The molecular formula is C22H24N4O2. The number of para-hydroxylation sites is 1. The molecule has 0 saturated heterocycles. The molecule has 0 bridgehead atoms. The molecule has 1 heterocycles. The molecule has 0 aliphatic rings. The number of nitrogens with zero attached hydrogens (tertiary/aromatic N) is 3. The predicted molar refractivity (Wildman–Crippen MR) is 109 cm³/mol. The van der Waals surface area contributed by atoms with Crippen molar-refractivity contribution in [3.8, 4) is 5.69 Å². The molecule has 28 heavy (non-hydrogen) atoms. The molecule has 0 fully saturated rings. The third-order valence-electron chi connectivity index (χ3n) is 4.59. The fraction of sp³-hybridized carbons (Fsp3) is 0.227. The Hall–Kier alpha value is -3.41. The summed E-state index contributed by atoms with van der Waals surface area (Å²) in [5.74, 6) is -0.198. The Balaban J connectivity index is 1.73. The zero-order valence-electron chi connectivity index (χ0n) is 16.3. The number of carbonyl (C=O) groups excluding carboxylic acids is 2. The molecule has 6 heteroatoms. The SMILES string of the molecule is CCN(Cc1cccc(NC(=O)c2cnn(-c3ccccc3C)c2)c1)C(C)=O. The Labute approximate surface area is 164 Å². The van der Waals surface area contributed by atoms with Crippen LogP contribution in [0, 0.1) is 6.92 Å². The van der Waals surface area contributed by atoms with Gasteiger partial charge in [-0.3, -0.25) is 9.59 Å². The number of aryl methyl sites for hydroxylation is 1. The van der Waals surface area contributed by atoms with E-state index in [1.165, 1.54) is 0 Å². The maximum Gasteiger partial charge on any atom is 0.258 e. The van der Waals surface area contributed by atoms with Crippen molar-refractivity contribution in [2.75, 3.05) is 11.9 Å². The van der Waals surface area contributed by atoms with Crippen LogP contribution in [0.25, 0.3) is 5.69 Å². The minimum Gasteiger partial charge on any atom is -0.339 e. The third-order valence-corrected chi connectivity index (χ3v) is 4.59. The predicted octanol–water partition coefficient (Wildman–Crippen LogP) is 3.80. The van der Waals surface area contributed by atoms with Crippen molar-refractivity contribution in [2.24, 2.45) is 0 Å². The van der Waals surface area contributed by atoms with Crippen LogP contribution in [0.3, 0.4) is 0 Å². The molecule has 3 rings (SSSR count). The van der Waals surface area contributed by atoms with Gasteiger partial charge in [0.25, 0.3) is 5.91 Å². The van der Waals surface area contributed by atoms with Crippen molar-refractivity contribution in [3.63, 3.8) is 0 Å². The first-order valence-electron chi connectivity index (χ1n) is 9.24. The van der Waals surface area contributed by atoms with E-state index in [1.54, 1.807) is 28.9 Å². The number of carbonyl (C=O) groups is 2. The minimum absolute atomic E-state index is 0.0283. The molecule has 0 aliphatic carbocycles. The van der Waals surface area contributed by atoms with Gasteiger partial charge in [0, 0.05) is 31.9 Å². The molecule has 0 spiro atoms. The lowest BCUT2D eigenvalue weighted by molar-refractivity contribution is -0.129. The quantitative estimate of drug-likeness (QED) is 0.711. The van der Waals surface area contributed by atoms with Crippen molar-refractivity contribution in [1.29, 1.82) is 0 Å². The van der Waals surface area contributed by atoms with Crippen molar-refractivity contribution in [2.45, 2.75) is 27.3 Å². The van der Waals surface area contributed by atoms with Crippen LogP contribution in [-0.4, -0.2) is 33.0 Å². The van der Waals surface area contributed by atoms with Gasteiger partial charge in [-0.15, -0.1) is 0 Å². The summed E-state index contributed by atoms with van der Waals surface area (Å²) in [7, 11) is 0. The highest BCUT2D eigenvalue weighted by molar-refractivity contribution is 6.04. The number of hydrogen-bond donors (Lipinski definition) is 1. The van der Waals surface area contributed by atoms with E-state index in [0.717, 1.165) is 16.8 Å². The topological polar surface area (TPSA) is 67.2 Å². The summed E-state index contributed by atoms with van der Waals surface area (Å²) < 4.78 is 1.70. The number of nitrogens with one attached hydrogen (secondary N) is 1. The number of hydrogen-bond acceptors (Lipinski definition) is 3. The fourth-order valence-electron chi connectivity index (χ4n) is 3.01. The van der Waals surface area contributed by atoms with Gasteiger partial charge in [-0.1, -0.05) is 30.3 Å².